The van der Waals surface area contributed by atoms with Crippen LogP contribution in [-0.2, 0) is 0 Å². The summed E-state index contributed by atoms with van der Waals surface area (Å²) in [5.41, 5.74) is 14.6. The lowest BCUT2D eigenvalue weighted by molar-refractivity contribution is 1.61. The molecule has 2 rings (SSSR count). The molecule has 0 spiro atoms. The van der Waals surface area contributed by atoms with E-state index in [2.05, 4.69) is 11.8 Å². The Bertz CT molecular complexity index is 522. The van der Waals surface area contributed by atoms with Crippen LogP contribution >= 0.6 is 24.8 Å². The van der Waals surface area contributed by atoms with Crippen LogP contribution in [0.15, 0.2) is 48.5 Å². The van der Waals surface area contributed by atoms with Crippen molar-refractivity contribution in [1.82, 2.24) is 0 Å². The fourth-order valence-corrected chi connectivity index (χ4v) is 1.36. The molecule has 2 aromatic carbocycles. The zero-order chi connectivity index (χ0) is 11.4. The van der Waals surface area contributed by atoms with Crippen LogP contribution in [0.5, 0.6) is 0 Å². The second kappa shape index (κ2) is 7.50. The van der Waals surface area contributed by atoms with Gasteiger partial charge in [-0.3, -0.25) is 0 Å². The van der Waals surface area contributed by atoms with Crippen molar-refractivity contribution in [2.75, 3.05) is 11.5 Å². The lowest BCUT2D eigenvalue weighted by Crippen LogP contribution is -1.90. The Kier molecular flexibility index (Phi) is 6.74. The maximum absolute atomic E-state index is 5.79. The molecular formula is C14H14Cl2N2. The van der Waals surface area contributed by atoms with Gasteiger partial charge in [-0.15, -0.1) is 24.8 Å². The lowest BCUT2D eigenvalue weighted by Gasteiger charge is -1.97. The number of rotatable bonds is 0. The minimum atomic E-state index is 0. The average Bonchev–Trinajstić information content (AvgIpc) is 2.30. The summed E-state index contributed by atoms with van der Waals surface area (Å²) in [5, 5.41) is 0. The number of benzene rings is 2. The van der Waals surface area contributed by atoms with E-state index in [1.807, 2.05) is 48.5 Å². The molecule has 0 radical (unpaired) electrons. The Morgan fingerprint density at radius 3 is 1.28 bits per heavy atom. The van der Waals surface area contributed by atoms with Gasteiger partial charge in [-0.25, -0.2) is 0 Å². The summed E-state index contributed by atoms with van der Waals surface area (Å²) in [6.07, 6.45) is 0. The summed E-state index contributed by atoms with van der Waals surface area (Å²) in [7, 11) is 0. The van der Waals surface area contributed by atoms with Crippen LogP contribution in [0.4, 0.5) is 11.4 Å². The quantitative estimate of drug-likeness (QED) is 0.576. The molecule has 4 N–H and O–H groups in total. The minimum absolute atomic E-state index is 0. The van der Waals surface area contributed by atoms with Gasteiger partial charge >= 0.3 is 0 Å². The van der Waals surface area contributed by atoms with Gasteiger partial charge < -0.3 is 11.5 Å². The number of nitrogens with two attached hydrogens (primary N) is 2. The van der Waals surface area contributed by atoms with Gasteiger partial charge in [0.1, 0.15) is 0 Å². The summed E-state index contributed by atoms with van der Waals surface area (Å²) < 4.78 is 0. The molecule has 0 saturated carbocycles. The van der Waals surface area contributed by atoms with Gasteiger partial charge in [-0.1, -0.05) is 36.1 Å². The predicted molar refractivity (Wildman–Crippen MR) is 82.2 cm³/mol. The van der Waals surface area contributed by atoms with E-state index >= 15 is 0 Å². The molecular weight excluding hydrogens is 267 g/mol. The summed E-state index contributed by atoms with van der Waals surface area (Å²) in [6, 6.07) is 15.0. The van der Waals surface area contributed by atoms with Gasteiger partial charge in [-0.2, -0.15) is 0 Å². The van der Waals surface area contributed by atoms with Crippen LogP contribution in [0.2, 0.25) is 0 Å². The van der Waals surface area contributed by atoms with Gasteiger partial charge in [-0.05, 0) is 24.3 Å². The first-order valence-electron chi connectivity index (χ1n) is 4.98. The third-order valence-corrected chi connectivity index (χ3v) is 2.25. The molecule has 94 valence electrons. The second-order valence-corrected chi connectivity index (χ2v) is 3.42. The van der Waals surface area contributed by atoms with Crippen LogP contribution in [-0.4, -0.2) is 0 Å². The Morgan fingerprint density at radius 1 is 0.611 bits per heavy atom. The first-order valence-corrected chi connectivity index (χ1v) is 4.98. The second-order valence-electron chi connectivity index (χ2n) is 3.42. The molecule has 0 saturated heterocycles. The van der Waals surface area contributed by atoms with E-state index < -0.39 is 0 Å². The van der Waals surface area contributed by atoms with Crippen molar-refractivity contribution in [3.05, 3.63) is 59.7 Å². The molecule has 2 nitrogen and oxygen atoms in total. The molecule has 0 aliphatic rings. The largest absolute Gasteiger partial charge is 0.398 e. The molecule has 0 aliphatic carbocycles. The molecule has 0 amide bonds. The highest BCUT2D eigenvalue weighted by Crippen LogP contribution is 2.11. The normalized spacial score (nSPS) is 8.22. The van der Waals surface area contributed by atoms with Crippen LogP contribution in [0.25, 0.3) is 0 Å². The van der Waals surface area contributed by atoms with Crippen molar-refractivity contribution >= 4 is 36.2 Å². The smallest absolute Gasteiger partial charge is 0.0478 e. The standard InChI is InChI=1S/C14H12N2.2ClH/c15-13-7-3-1-5-11(13)9-10-12-6-2-4-8-14(12)16;;/h1-8H,15-16H2;2*1H. The monoisotopic (exact) mass is 280 g/mol. The molecule has 0 aromatic heterocycles. The van der Waals surface area contributed by atoms with E-state index in [1.165, 1.54) is 0 Å². The molecule has 18 heavy (non-hydrogen) atoms. The Labute approximate surface area is 119 Å². The van der Waals surface area contributed by atoms with E-state index in [0.29, 0.717) is 11.4 Å². The van der Waals surface area contributed by atoms with Gasteiger partial charge in [0, 0.05) is 22.5 Å². The van der Waals surface area contributed by atoms with Gasteiger partial charge in [0.25, 0.3) is 0 Å². The van der Waals surface area contributed by atoms with Crippen LogP contribution < -0.4 is 11.5 Å². The van der Waals surface area contributed by atoms with Crippen molar-refractivity contribution < 1.29 is 0 Å². The molecule has 0 fully saturated rings. The number of para-hydroxylation sites is 2. The van der Waals surface area contributed by atoms with Crippen molar-refractivity contribution in [1.29, 1.82) is 0 Å². The lowest BCUT2D eigenvalue weighted by atomic mass is 10.1. The fraction of sp³-hybridized carbons (Fsp3) is 0. The first kappa shape index (κ1) is 16.2. The third kappa shape index (κ3) is 3.89. The van der Waals surface area contributed by atoms with Gasteiger partial charge in [0.15, 0.2) is 0 Å². The summed E-state index contributed by atoms with van der Waals surface area (Å²) in [4.78, 5) is 0. The predicted octanol–water partition coefficient (Wildman–Crippen LogP) is 3.09. The minimum Gasteiger partial charge on any atom is -0.398 e. The summed E-state index contributed by atoms with van der Waals surface area (Å²) in [5.74, 6) is 6.03. The maximum atomic E-state index is 5.79. The molecule has 0 atom stereocenters. The van der Waals surface area contributed by atoms with Gasteiger partial charge in [0.2, 0.25) is 0 Å². The van der Waals surface area contributed by atoms with Crippen molar-refractivity contribution in [2.24, 2.45) is 0 Å². The highest BCUT2D eigenvalue weighted by molar-refractivity contribution is 5.85. The van der Waals surface area contributed by atoms with E-state index in [4.69, 9.17) is 11.5 Å². The average molecular weight is 281 g/mol. The molecule has 0 aliphatic heterocycles. The van der Waals surface area contributed by atoms with E-state index in [9.17, 15) is 0 Å². The molecule has 0 unspecified atom stereocenters. The number of hydrogen-bond acceptors (Lipinski definition) is 2. The molecule has 4 heteroatoms. The fourth-order valence-electron chi connectivity index (χ4n) is 1.36. The van der Waals surface area contributed by atoms with Crippen LogP contribution in [0, 0.1) is 11.8 Å². The zero-order valence-electron chi connectivity index (χ0n) is 9.59. The number of anilines is 2. The number of nitrogen functional groups attached to an aromatic ring is 2. The molecule has 0 bridgehead atoms. The SMILES string of the molecule is Cl.Cl.Nc1ccccc1C#Cc1ccccc1N. The Morgan fingerprint density at radius 2 is 0.944 bits per heavy atom. The van der Waals surface area contributed by atoms with E-state index in [0.717, 1.165) is 11.1 Å². The van der Waals surface area contributed by atoms with Gasteiger partial charge in [0.05, 0.1) is 0 Å². The zero-order valence-corrected chi connectivity index (χ0v) is 11.2. The number of halogens is 2. The summed E-state index contributed by atoms with van der Waals surface area (Å²) >= 11 is 0. The van der Waals surface area contributed by atoms with E-state index in [1.54, 1.807) is 0 Å². The van der Waals surface area contributed by atoms with Crippen LogP contribution in [0.1, 0.15) is 11.1 Å². The van der Waals surface area contributed by atoms with Crippen molar-refractivity contribution in [2.45, 2.75) is 0 Å². The third-order valence-electron chi connectivity index (χ3n) is 2.25. The topological polar surface area (TPSA) is 52.0 Å². The van der Waals surface area contributed by atoms with E-state index in [-0.39, 0.29) is 24.8 Å². The maximum Gasteiger partial charge on any atom is 0.0478 e. The van der Waals surface area contributed by atoms with Crippen LogP contribution in [0.3, 0.4) is 0 Å². The van der Waals surface area contributed by atoms with Crippen molar-refractivity contribution in [3.8, 4) is 11.8 Å². The Hall–Kier alpha value is -1.82. The molecule has 2 aromatic rings. The summed E-state index contributed by atoms with van der Waals surface area (Å²) in [6.45, 7) is 0. The van der Waals surface area contributed by atoms with Crippen molar-refractivity contribution in [3.63, 3.8) is 0 Å². The number of hydrogen-bond donors (Lipinski definition) is 2. The highest BCUT2D eigenvalue weighted by Gasteiger charge is 1.93. The first-order chi connectivity index (χ1) is 7.77. The molecule has 0 heterocycles. The highest BCUT2D eigenvalue weighted by atomic mass is 35.5. The Balaban J connectivity index is 0.00000144.